The van der Waals surface area contributed by atoms with E-state index >= 15 is 0 Å². The van der Waals surface area contributed by atoms with Crippen molar-refractivity contribution in [3.05, 3.63) is 23.0 Å². The zero-order valence-corrected chi connectivity index (χ0v) is 12.9. The third-order valence-electron chi connectivity index (χ3n) is 4.26. The molecule has 0 aliphatic carbocycles. The molecule has 3 rings (SSSR count). The first-order valence-electron chi connectivity index (χ1n) is 7.13. The van der Waals surface area contributed by atoms with Crippen LogP contribution < -0.4 is 0 Å². The maximum Gasteiger partial charge on any atom is 0.194 e. The lowest BCUT2D eigenvalue weighted by Gasteiger charge is -2.39. The Balaban J connectivity index is 1.74. The number of aliphatic hydroxyl groups excluding tert-OH is 1. The van der Waals surface area contributed by atoms with Gasteiger partial charge in [0.15, 0.2) is 4.96 Å². The van der Waals surface area contributed by atoms with Gasteiger partial charge in [-0.2, -0.15) is 0 Å². The summed E-state index contributed by atoms with van der Waals surface area (Å²) >= 11 is 1.69. The number of rotatable bonds is 4. The van der Waals surface area contributed by atoms with Crippen molar-refractivity contribution in [2.75, 3.05) is 33.3 Å². The number of thiazole rings is 1. The standard InChI is InChI=1S/C14H22N4OS/c1-11-13(18-6-8-20-14(18)15-11)10-17-5-4-16(2)12(9-17)3-7-19/h6,8,12,19H,3-5,7,9-10H2,1-2H3/t12-/m1/s1. The lowest BCUT2D eigenvalue weighted by Crippen LogP contribution is -2.51. The highest BCUT2D eigenvalue weighted by Crippen LogP contribution is 2.20. The molecule has 0 bridgehead atoms. The van der Waals surface area contributed by atoms with Crippen LogP contribution in [0.15, 0.2) is 11.6 Å². The fraction of sp³-hybridized carbons (Fsp3) is 0.643. The van der Waals surface area contributed by atoms with E-state index in [4.69, 9.17) is 0 Å². The van der Waals surface area contributed by atoms with Gasteiger partial charge in [-0.15, -0.1) is 11.3 Å². The van der Waals surface area contributed by atoms with Crippen molar-refractivity contribution in [1.29, 1.82) is 0 Å². The second-order valence-corrected chi connectivity index (χ2v) is 6.45. The van der Waals surface area contributed by atoms with Crippen molar-refractivity contribution >= 4 is 16.3 Å². The lowest BCUT2D eigenvalue weighted by molar-refractivity contribution is 0.0733. The zero-order valence-electron chi connectivity index (χ0n) is 12.1. The minimum Gasteiger partial charge on any atom is -0.396 e. The van der Waals surface area contributed by atoms with Gasteiger partial charge in [0.25, 0.3) is 0 Å². The largest absolute Gasteiger partial charge is 0.396 e. The normalized spacial score (nSPS) is 21.9. The Labute approximate surface area is 123 Å². The Morgan fingerprint density at radius 2 is 2.30 bits per heavy atom. The average Bonchev–Trinajstić information content (AvgIpc) is 2.97. The van der Waals surface area contributed by atoms with Crippen molar-refractivity contribution < 1.29 is 5.11 Å². The maximum atomic E-state index is 9.18. The highest BCUT2D eigenvalue weighted by Gasteiger charge is 2.25. The molecule has 2 aromatic rings. The van der Waals surface area contributed by atoms with E-state index < -0.39 is 0 Å². The molecule has 0 radical (unpaired) electrons. The minimum absolute atomic E-state index is 0.267. The predicted octanol–water partition coefficient (Wildman–Crippen LogP) is 1.20. The first-order valence-corrected chi connectivity index (χ1v) is 8.01. The second kappa shape index (κ2) is 5.81. The lowest BCUT2D eigenvalue weighted by atomic mass is 10.1. The molecule has 1 saturated heterocycles. The highest BCUT2D eigenvalue weighted by molar-refractivity contribution is 7.15. The summed E-state index contributed by atoms with van der Waals surface area (Å²) in [5.74, 6) is 0. The van der Waals surface area contributed by atoms with Gasteiger partial charge in [0.2, 0.25) is 0 Å². The first-order chi connectivity index (χ1) is 9.69. The minimum atomic E-state index is 0.267. The second-order valence-electron chi connectivity index (χ2n) is 5.58. The van der Waals surface area contributed by atoms with Gasteiger partial charge in [0.1, 0.15) is 0 Å². The average molecular weight is 294 g/mol. The molecule has 2 aromatic heterocycles. The van der Waals surface area contributed by atoms with Crippen molar-refractivity contribution in [1.82, 2.24) is 19.2 Å². The quantitative estimate of drug-likeness (QED) is 0.920. The fourth-order valence-corrected chi connectivity index (χ4v) is 3.74. The summed E-state index contributed by atoms with van der Waals surface area (Å²) in [6.07, 6.45) is 2.96. The number of aliphatic hydroxyl groups is 1. The van der Waals surface area contributed by atoms with Crippen molar-refractivity contribution in [3.8, 4) is 0 Å². The fourth-order valence-electron chi connectivity index (χ4n) is 2.96. The first kappa shape index (κ1) is 14.0. The molecular weight excluding hydrogens is 272 g/mol. The van der Waals surface area contributed by atoms with E-state index in [9.17, 15) is 5.11 Å². The Hall–Kier alpha value is -0.950. The molecule has 1 aliphatic heterocycles. The maximum absolute atomic E-state index is 9.18. The Morgan fingerprint density at radius 1 is 1.45 bits per heavy atom. The third kappa shape index (κ3) is 2.61. The molecule has 6 heteroatoms. The molecule has 0 saturated carbocycles. The number of piperazine rings is 1. The molecule has 110 valence electrons. The molecule has 1 N–H and O–H groups in total. The highest BCUT2D eigenvalue weighted by atomic mass is 32.1. The van der Waals surface area contributed by atoms with E-state index in [1.165, 1.54) is 5.69 Å². The van der Waals surface area contributed by atoms with Crippen molar-refractivity contribution in [2.45, 2.75) is 25.9 Å². The van der Waals surface area contributed by atoms with E-state index in [1.807, 2.05) is 0 Å². The van der Waals surface area contributed by atoms with E-state index in [2.05, 4.69) is 44.7 Å². The molecule has 1 aliphatic rings. The summed E-state index contributed by atoms with van der Waals surface area (Å²) in [6, 6.07) is 0.458. The van der Waals surface area contributed by atoms with E-state index in [0.717, 1.165) is 43.3 Å². The Morgan fingerprint density at radius 3 is 3.10 bits per heavy atom. The number of hydrogen-bond acceptors (Lipinski definition) is 5. The summed E-state index contributed by atoms with van der Waals surface area (Å²) in [7, 11) is 2.15. The number of nitrogens with zero attached hydrogens (tertiary/aromatic N) is 4. The van der Waals surface area contributed by atoms with Crippen LogP contribution in [0.25, 0.3) is 4.96 Å². The van der Waals surface area contributed by atoms with Crippen LogP contribution in [0.4, 0.5) is 0 Å². The summed E-state index contributed by atoms with van der Waals surface area (Å²) in [5, 5.41) is 11.3. The molecule has 0 amide bonds. The number of likely N-dealkylation sites (N-methyl/N-ethyl adjacent to an activating group) is 1. The van der Waals surface area contributed by atoms with Gasteiger partial charge in [0, 0.05) is 50.4 Å². The molecule has 0 unspecified atom stereocenters. The molecule has 1 fully saturated rings. The molecule has 20 heavy (non-hydrogen) atoms. The zero-order chi connectivity index (χ0) is 14.1. The number of aromatic nitrogens is 2. The third-order valence-corrected chi connectivity index (χ3v) is 5.01. The van der Waals surface area contributed by atoms with Crippen molar-refractivity contribution in [2.24, 2.45) is 0 Å². The van der Waals surface area contributed by atoms with Crippen LogP contribution in [-0.2, 0) is 6.54 Å². The van der Waals surface area contributed by atoms with Gasteiger partial charge in [-0.05, 0) is 20.4 Å². The van der Waals surface area contributed by atoms with Crippen LogP contribution in [0.3, 0.4) is 0 Å². The van der Waals surface area contributed by atoms with Gasteiger partial charge in [-0.1, -0.05) is 0 Å². The summed E-state index contributed by atoms with van der Waals surface area (Å²) in [4.78, 5) is 10.5. The summed E-state index contributed by atoms with van der Waals surface area (Å²) in [6.45, 7) is 6.47. The molecule has 0 aromatic carbocycles. The number of aryl methyl sites for hydroxylation is 1. The SMILES string of the molecule is Cc1nc2sccn2c1CN1CCN(C)[C@H](CCO)C1. The van der Waals surface area contributed by atoms with E-state index in [0.29, 0.717) is 6.04 Å². The van der Waals surface area contributed by atoms with Crippen LogP contribution in [-0.4, -0.2) is 63.6 Å². The number of fused-ring (bicyclic) bond motifs is 1. The van der Waals surface area contributed by atoms with Crippen molar-refractivity contribution in [3.63, 3.8) is 0 Å². The molecule has 3 heterocycles. The molecule has 0 spiro atoms. The van der Waals surface area contributed by atoms with Gasteiger partial charge in [0.05, 0.1) is 11.4 Å². The van der Waals surface area contributed by atoms with Crippen LogP contribution in [0.5, 0.6) is 0 Å². The molecular formula is C14H22N4OS. The van der Waals surface area contributed by atoms with Crippen LogP contribution in [0, 0.1) is 6.92 Å². The smallest absolute Gasteiger partial charge is 0.194 e. The van der Waals surface area contributed by atoms with E-state index in [1.54, 1.807) is 11.3 Å². The summed E-state index contributed by atoms with van der Waals surface area (Å²) < 4.78 is 2.21. The van der Waals surface area contributed by atoms with Gasteiger partial charge < -0.3 is 10.0 Å². The van der Waals surface area contributed by atoms with Crippen LogP contribution >= 0.6 is 11.3 Å². The Kier molecular flexibility index (Phi) is 4.07. The van der Waals surface area contributed by atoms with Crippen LogP contribution in [0.2, 0.25) is 0 Å². The van der Waals surface area contributed by atoms with Gasteiger partial charge >= 0.3 is 0 Å². The van der Waals surface area contributed by atoms with Crippen LogP contribution in [0.1, 0.15) is 17.8 Å². The summed E-state index contributed by atoms with van der Waals surface area (Å²) in [5.41, 5.74) is 2.43. The monoisotopic (exact) mass is 294 g/mol. The van der Waals surface area contributed by atoms with E-state index in [-0.39, 0.29) is 6.61 Å². The predicted molar refractivity (Wildman–Crippen MR) is 81.2 cm³/mol. The molecule has 5 nitrogen and oxygen atoms in total. The molecule has 1 atom stereocenters. The number of hydrogen-bond donors (Lipinski definition) is 1. The number of imidazole rings is 1. The topological polar surface area (TPSA) is 44.0 Å². The Bertz CT molecular complexity index is 579. The van der Waals surface area contributed by atoms with Gasteiger partial charge in [-0.3, -0.25) is 9.30 Å². The van der Waals surface area contributed by atoms with Gasteiger partial charge in [-0.25, -0.2) is 4.98 Å².